The molecule has 0 unspecified atom stereocenters. The van der Waals surface area contributed by atoms with Crippen molar-refractivity contribution in [2.24, 2.45) is 0 Å². The molecule has 2 nitrogen and oxygen atoms in total. The Morgan fingerprint density at radius 3 is 2.21 bits per heavy atom. The molecule has 2 aromatic rings. The van der Waals surface area contributed by atoms with Gasteiger partial charge in [0.15, 0.2) is 0 Å². The lowest BCUT2D eigenvalue weighted by atomic mass is 10.0. The molecule has 0 fully saturated rings. The first-order valence-electron chi connectivity index (χ1n) is 5.39. The van der Waals surface area contributed by atoms with Crippen LogP contribution in [0.4, 0.5) is 8.28 Å². The van der Waals surface area contributed by atoms with Gasteiger partial charge >= 0.3 is 10.2 Å². The summed E-state index contributed by atoms with van der Waals surface area (Å²) in [5.74, 6) is -0.448. The Morgan fingerprint density at radius 2 is 1.68 bits per heavy atom. The molecule has 0 aromatic heterocycles. The minimum absolute atomic E-state index is 0.188. The SMILES string of the molecule is C=Cc1ccc(-c2ccc(F)cc2)c(S(=O)(=O)F)c1. The molecular formula is C14H10F2O2S. The zero-order chi connectivity index (χ0) is 14.0. The zero-order valence-electron chi connectivity index (χ0n) is 9.81. The summed E-state index contributed by atoms with van der Waals surface area (Å²) in [5, 5.41) is 0. The lowest BCUT2D eigenvalue weighted by Crippen LogP contribution is -1.96. The first-order chi connectivity index (χ1) is 8.91. The first kappa shape index (κ1) is 13.4. The Kier molecular flexibility index (Phi) is 3.48. The number of benzene rings is 2. The Hall–Kier alpha value is -2.01. The summed E-state index contributed by atoms with van der Waals surface area (Å²) in [6.07, 6.45) is 1.42. The molecule has 0 saturated heterocycles. The van der Waals surface area contributed by atoms with Crippen molar-refractivity contribution >= 4 is 16.3 Å². The van der Waals surface area contributed by atoms with E-state index >= 15 is 0 Å². The van der Waals surface area contributed by atoms with Crippen molar-refractivity contribution in [3.8, 4) is 11.1 Å². The molecule has 0 heterocycles. The van der Waals surface area contributed by atoms with E-state index in [2.05, 4.69) is 6.58 Å². The lowest BCUT2D eigenvalue weighted by Gasteiger charge is -2.07. The van der Waals surface area contributed by atoms with Crippen molar-refractivity contribution in [3.63, 3.8) is 0 Å². The zero-order valence-corrected chi connectivity index (χ0v) is 10.6. The number of rotatable bonds is 3. The minimum atomic E-state index is -4.87. The van der Waals surface area contributed by atoms with E-state index in [9.17, 15) is 16.7 Å². The predicted octanol–water partition coefficient (Wildman–Crippen LogP) is 3.79. The molecule has 0 radical (unpaired) electrons. The van der Waals surface area contributed by atoms with Crippen LogP contribution in [0.25, 0.3) is 17.2 Å². The third-order valence-corrected chi connectivity index (χ3v) is 3.52. The molecule has 0 spiro atoms. The van der Waals surface area contributed by atoms with Crippen LogP contribution >= 0.6 is 0 Å². The maximum atomic E-state index is 13.3. The molecule has 2 aromatic carbocycles. The summed E-state index contributed by atoms with van der Waals surface area (Å²) in [4.78, 5) is -0.448. The van der Waals surface area contributed by atoms with E-state index in [4.69, 9.17) is 0 Å². The van der Waals surface area contributed by atoms with Gasteiger partial charge in [0.2, 0.25) is 0 Å². The number of hydrogen-bond acceptors (Lipinski definition) is 2. The normalized spacial score (nSPS) is 11.3. The van der Waals surface area contributed by atoms with Crippen LogP contribution in [0.2, 0.25) is 0 Å². The average molecular weight is 280 g/mol. The molecule has 0 N–H and O–H groups in total. The van der Waals surface area contributed by atoms with Crippen LogP contribution in [-0.2, 0) is 10.2 Å². The molecule has 0 bridgehead atoms. The molecular weight excluding hydrogens is 270 g/mol. The molecule has 0 aliphatic rings. The fourth-order valence-corrected chi connectivity index (χ4v) is 2.46. The van der Waals surface area contributed by atoms with Crippen LogP contribution in [0.15, 0.2) is 53.9 Å². The van der Waals surface area contributed by atoms with Gasteiger partial charge in [0.05, 0.1) is 0 Å². The van der Waals surface area contributed by atoms with Crippen molar-refractivity contribution in [1.29, 1.82) is 0 Å². The van der Waals surface area contributed by atoms with Crippen molar-refractivity contribution in [2.75, 3.05) is 0 Å². The van der Waals surface area contributed by atoms with Gasteiger partial charge in [0, 0.05) is 5.56 Å². The predicted molar refractivity (Wildman–Crippen MR) is 70.2 cm³/mol. The second kappa shape index (κ2) is 4.93. The topological polar surface area (TPSA) is 34.1 Å². The van der Waals surface area contributed by atoms with Gasteiger partial charge in [-0.3, -0.25) is 0 Å². The third-order valence-electron chi connectivity index (χ3n) is 2.66. The molecule has 0 atom stereocenters. The second-order valence-corrected chi connectivity index (χ2v) is 5.22. The molecule has 5 heteroatoms. The van der Waals surface area contributed by atoms with E-state index in [0.29, 0.717) is 11.1 Å². The summed E-state index contributed by atoms with van der Waals surface area (Å²) in [5.41, 5.74) is 1.10. The minimum Gasteiger partial charge on any atom is -0.207 e. The van der Waals surface area contributed by atoms with Crippen molar-refractivity contribution in [2.45, 2.75) is 4.90 Å². The van der Waals surface area contributed by atoms with Gasteiger partial charge in [-0.25, -0.2) is 4.39 Å². The van der Waals surface area contributed by atoms with Gasteiger partial charge in [-0.1, -0.05) is 36.9 Å². The summed E-state index contributed by atoms with van der Waals surface area (Å²) >= 11 is 0. The molecule has 0 amide bonds. The van der Waals surface area contributed by atoms with Crippen LogP contribution in [0, 0.1) is 5.82 Å². The maximum absolute atomic E-state index is 13.3. The fourth-order valence-electron chi connectivity index (χ4n) is 1.74. The highest BCUT2D eigenvalue weighted by Gasteiger charge is 2.18. The summed E-state index contributed by atoms with van der Waals surface area (Å²) < 4.78 is 48.6. The maximum Gasteiger partial charge on any atom is 0.332 e. The van der Waals surface area contributed by atoms with Gasteiger partial charge in [-0.05, 0) is 29.3 Å². The Balaban J connectivity index is 2.69. The van der Waals surface area contributed by atoms with E-state index < -0.39 is 20.9 Å². The van der Waals surface area contributed by atoms with Gasteiger partial charge in [0.1, 0.15) is 10.7 Å². The quantitative estimate of drug-likeness (QED) is 0.801. The van der Waals surface area contributed by atoms with Gasteiger partial charge < -0.3 is 0 Å². The summed E-state index contributed by atoms with van der Waals surface area (Å²) in [6.45, 7) is 3.50. The van der Waals surface area contributed by atoms with E-state index in [0.717, 1.165) is 0 Å². The van der Waals surface area contributed by atoms with E-state index in [1.165, 1.54) is 42.5 Å². The van der Waals surface area contributed by atoms with Gasteiger partial charge in [-0.2, -0.15) is 8.42 Å². The second-order valence-electron chi connectivity index (χ2n) is 3.90. The van der Waals surface area contributed by atoms with Crippen LogP contribution in [-0.4, -0.2) is 8.42 Å². The molecule has 0 saturated carbocycles. The average Bonchev–Trinajstić information content (AvgIpc) is 2.38. The van der Waals surface area contributed by atoms with E-state index in [-0.39, 0.29) is 5.56 Å². The Morgan fingerprint density at radius 1 is 1.05 bits per heavy atom. The van der Waals surface area contributed by atoms with Crippen molar-refractivity contribution in [1.82, 2.24) is 0 Å². The first-order valence-corrected chi connectivity index (χ1v) is 6.77. The van der Waals surface area contributed by atoms with E-state index in [1.807, 2.05) is 0 Å². The summed E-state index contributed by atoms with van der Waals surface area (Å²) in [6, 6.07) is 9.44. The molecule has 19 heavy (non-hydrogen) atoms. The molecule has 0 aliphatic heterocycles. The Labute approximate surface area is 110 Å². The van der Waals surface area contributed by atoms with Crippen LogP contribution in [0.5, 0.6) is 0 Å². The fraction of sp³-hybridized carbons (Fsp3) is 0. The monoisotopic (exact) mass is 280 g/mol. The standard InChI is InChI=1S/C14H10F2O2S/c1-2-10-3-8-13(14(9-10)19(16,17)18)11-4-6-12(15)7-5-11/h2-9H,1H2. The largest absolute Gasteiger partial charge is 0.332 e. The van der Waals surface area contributed by atoms with Crippen LogP contribution < -0.4 is 0 Å². The van der Waals surface area contributed by atoms with Crippen LogP contribution in [0.3, 0.4) is 0 Å². The van der Waals surface area contributed by atoms with E-state index in [1.54, 1.807) is 6.07 Å². The lowest BCUT2D eigenvalue weighted by molar-refractivity contribution is 0.552. The van der Waals surface area contributed by atoms with Crippen molar-refractivity contribution in [3.05, 3.63) is 60.4 Å². The molecule has 98 valence electrons. The Bertz CT molecular complexity index is 720. The van der Waals surface area contributed by atoms with Gasteiger partial charge in [-0.15, -0.1) is 3.89 Å². The number of halogens is 2. The van der Waals surface area contributed by atoms with Crippen molar-refractivity contribution < 1.29 is 16.7 Å². The molecule has 0 aliphatic carbocycles. The third kappa shape index (κ3) is 2.88. The highest BCUT2D eigenvalue weighted by molar-refractivity contribution is 7.86. The summed E-state index contributed by atoms with van der Waals surface area (Å²) in [7, 11) is -4.87. The number of hydrogen-bond donors (Lipinski definition) is 0. The van der Waals surface area contributed by atoms with Gasteiger partial charge in [0.25, 0.3) is 0 Å². The van der Waals surface area contributed by atoms with Crippen LogP contribution in [0.1, 0.15) is 5.56 Å². The smallest absolute Gasteiger partial charge is 0.207 e. The highest BCUT2D eigenvalue weighted by atomic mass is 32.3. The highest BCUT2D eigenvalue weighted by Crippen LogP contribution is 2.30. The molecule has 2 rings (SSSR count).